The summed E-state index contributed by atoms with van der Waals surface area (Å²) < 4.78 is 31.3. The molecule has 0 bridgehead atoms. The zero-order chi connectivity index (χ0) is 68.1. The van der Waals surface area contributed by atoms with Gasteiger partial charge in [0.2, 0.25) is 0 Å². The first-order valence-electron chi connectivity index (χ1n) is 30.0. The van der Waals surface area contributed by atoms with Crippen molar-refractivity contribution in [1.29, 1.82) is 0 Å². The summed E-state index contributed by atoms with van der Waals surface area (Å²) in [4.78, 5) is 123. The molecule has 4 atom stereocenters. The Hall–Kier alpha value is -5.76. The Labute approximate surface area is 529 Å². The molecular weight excluding hydrogens is 1170 g/mol. The number of carbonyl (C=O) groups excluding carboxylic acids is 10. The number of hydrogen-bond acceptors (Lipinski definition) is 21. The van der Waals surface area contributed by atoms with Gasteiger partial charge in [-0.3, -0.25) is 54.0 Å². The summed E-state index contributed by atoms with van der Waals surface area (Å²) in [6, 6.07) is 0.430. The molecule has 4 amide bonds. The zero-order valence-corrected chi connectivity index (χ0v) is 57.9. The molecule has 4 fully saturated rings. The lowest BCUT2D eigenvalue weighted by Crippen LogP contribution is -2.44. The van der Waals surface area contributed by atoms with Crippen LogP contribution in [-0.2, 0) is 52.5 Å². The molecule has 0 saturated carbocycles. The van der Waals surface area contributed by atoms with Gasteiger partial charge in [-0.25, -0.2) is 24.0 Å². The van der Waals surface area contributed by atoms with Crippen molar-refractivity contribution in [1.82, 2.24) is 30.4 Å². The summed E-state index contributed by atoms with van der Waals surface area (Å²) in [5.41, 5.74) is -0.600. The molecule has 4 saturated heterocycles. The Morgan fingerprint density at radius 1 is 0.534 bits per heavy atom. The maximum absolute atomic E-state index is 12.2. The van der Waals surface area contributed by atoms with Crippen LogP contribution in [0, 0.1) is 17.8 Å². The maximum atomic E-state index is 12.2. The standard InChI is InChI=1S/C15H24N2O3.2C15H25NO4.C11H19NO4.C5H10O.CH4O.ClH.H3NO2/c1-10(2)13-9-11(16-20-13)12-7-6-8-17(12)14(18)19-15(3,4)5;2*1-10(2)12(17)9-13(18)11-7-6-8-16(11)14(19)20-15(3,4)5;1-11(2,3)16-10(14)12-7-5-6-8(12)9(13)15-4;1-4(2)5(3)6;1-2;;2-1-3/h9-10,12H,6-8H2,1-5H3;2*10-11H,6-9H2,1-5H3;8H,5-7H2,1-4H3;4H,1-3H3;2H,1H3;1H;1-3H. The Kier molecular flexibility index (Phi) is 40.1. The van der Waals surface area contributed by atoms with Gasteiger partial charge in [0.15, 0.2) is 11.6 Å². The Morgan fingerprint density at radius 3 is 1.09 bits per heavy atom. The number of ether oxygens (including phenoxy) is 5. The summed E-state index contributed by atoms with van der Waals surface area (Å²) in [7, 11) is 2.33. The molecule has 4 aliphatic heterocycles. The second-order valence-corrected chi connectivity index (χ2v) is 26.6. The summed E-state index contributed by atoms with van der Waals surface area (Å²) in [5, 5.41) is 24.9. The molecule has 1 aromatic rings. The van der Waals surface area contributed by atoms with E-state index in [4.69, 9.17) is 39.0 Å². The van der Waals surface area contributed by atoms with E-state index in [1.54, 1.807) is 102 Å². The number of carbonyl (C=O) groups is 10. The van der Waals surface area contributed by atoms with Gasteiger partial charge in [-0.15, -0.1) is 12.4 Å². The highest BCUT2D eigenvalue weighted by molar-refractivity contribution is 6.04. The highest BCUT2D eigenvalue weighted by Gasteiger charge is 2.40. The van der Waals surface area contributed by atoms with Gasteiger partial charge in [0.25, 0.3) is 0 Å². The van der Waals surface area contributed by atoms with E-state index in [9.17, 15) is 47.9 Å². The molecule has 4 N–H and O–H groups in total. The number of halogens is 1. The van der Waals surface area contributed by atoms with Gasteiger partial charge in [-0.1, -0.05) is 66.2 Å². The zero-order valence-electron chi connectivity index (χ0n) is 57.1. The first-order valence-corrected chi connectivity index (χ1v) is 30.0. The molecule has 4 unspecified atom stereocenters. The number of aromatic nitrogens is 1. The molecule has 88 heavy (non-hydrogen) atoms. The first-order chi connectivity index (χ1) is 39.9. The van der Waals surface area contributed by atoms with E-state index in [2.05, 4.69) is 23.7 Å². The second-order valence-electron chi connectivity index (χ2n) is 26.6. The molecule has 0 aliphatic carbocycles. The smallest absolute Gasteiger partial charge is 0.411 e. The van der Waals surface area contributed by atoms with Gasteiger partial charge in [0.1, 0.15) is 57.2 Å². The molecule has 4 aliphatic rings. The number of nitrogens with zero attached hydrogens (tertiary/aromatic N) is 5. The van der Waals surface area contributed by atoms with E-state index < -0.39 is 58.8 Å². The fourth-order valence-electron chi connectivity index (χ4n) is 8.30. The van der Waals surface area contributed by atoms with Crippen molar-refractivity contribution in [3.8, 4) is 0 Å². The average molecular weight is 1280 g/mol. The van der Waals surface area contributed by atoms with Gasteiger partial charge < -0.3 is 33.3 Å². The number of hydrogen-bond donors (Lipinski definition) is 4. The summed E-state index contributed by atoms with van der Waals surface area (Å²) >= 11 is 0. The number of ketones is 5. The number of aliphatic hydroxyl groups is 1. The van der Waals surface area contributed by atoms with E-state index >= 15 is 0 Å². The van der Waals surface area contributed by atoms with E-state index in [-0.39, 0.29) is 90.0 Å². The minimum Gasteiger partial charge on any atom is -0.467 e. The third-order valence-electron chi connectivity index (χ3n) is 13.0. The van der Waals surface area contributed by atoms with E-state index in [0.717, 1.165) is 56.3 Å². The van der Waals surface area contributed by atoms with Crippen LogP contribution < -0.4 is 5.64 Å². The first kappa shape index (κ1) is 86.4. The highest BCUT2D eigenvalue weighted by atomic mass is 35.5. The SMILES string of the molecule is CC(=O)C(C)C.CC(C)C(=O)CC(=O)C1CCCN1C(=O)OC(C)(C)C.CC(C)C(=O)CC(=O)C1CCCN1C(=O)OC(C)(C)C.CC(C)c1cc(C2CCCN2C(=O)OC(C)(C)C)no1.CO.COC(=O)C1CCCN1C(=O)OC(C)(C)C.Cl.ONO. The Balaban J connectivity index is -0.00000103. The molecule has 1 aromatic heterocycles. The van der Waals surface area contributed by atoms with Crippen LogP contribution in [0.1, 0.15) is 233 Å². The van der Waals surface area contributed by atoms with Crippen LogP contribution in [0.15, 0.2) is 10.6 Å². The molecule has 5 heterocycles. The fourth-order valence-corrected chi connectivity index (χ4v) is 8.30. The van der Waals surface area contributed by atoms with Crippen LogP contribution in [0.2, 0.25) is 0 Å². The van der Waals surface area contributed by atoms with E-state index in [0.29, 0.717) is 51.4 Å². The topological polar surface area (TPSA) is 329 Å². The molecule has 0 aromatic carbocycles. The third kappa shape index (κ3) is 34.3. The number of likely N-dealkylation sites (tertiary alicyclic amines) is 4. The number of methoxy groups -OCH3 is 1. The number of esters is 1. The van der Waals surface area contributed by atoms with Gasteiger partial charge in [0, 0.05) is 63.0 Å². The van der Waals surface area contributed by atoms with E-state index in [1.807, 2.05) is 40.7 Å². The maximum Gasteiger partial charge on any atom is 0.411 e. The Morgan fingerprint density at radius 2 is 0.818 bits per heavy atom. The van der Waals surface area contributed by atoms with Crippen LogP contribution in [0.5, 0.6) is 0 Å². The summed E-state index contributed by atoms with van der Waals surface area (Å²) in [6.45, 7) is 40.7. The number of aliphatic hydroxyl groups excluding tert-OH is 1. The van der Waals surface area contributed by atoms with Crippen molar-refractivity contribution in [2.24, 2.45) is 17.8 Å². The number of rotatable bonds is 12. The minimum absolute atomic E-state index is 0. The molecule has 510 valence electrons. The number of Topliss-reactive ketones (excluding diaryl/α,β-unsaturated/α-hetero) is 5. The largest absolute Gasteiger partial charge is 0.467 e. The van der Waals surface area contributed by atoms with Crippen molar-refractivity contribution in [2.75, 3.05) is 40.4 Å². The normalized spacial score (nSPS) is 17.9. The monoisotopic (exact) mass is 1280 g/mol. The molecule has 5 rings (SSSR count). The predicted octanol–water partition coefficient (Wildman–Crippen LogP) is 11.2. The van der Waals surface area contributed by atoms with Crippen LogP contribution in [0.25, 0.3) is 0 Å². The van der Waals surface area contributed by atoms with Crippen LogP contribution >= 0.6 is 12.4 Å². The molecule has 0 spiro atoms. The van der Waals surface area contributed by atoms with Crippen molar-refractivity contribution in [2.45, 2.75) is 262 Å². The van der Waals surface area contributed by atoms with Crippen molar-refractivity contribution >= 4 is 71.7 Å². The van der Waals surface area contributed by atoms with Gasteiger partial charge in [-0.05, 0) is 141 Å². The molecular formula is C62H111ClN6O19. The average Bonchev–Trinajstić information content (AvgIpc) is 4.29. The van der Waals surface area contributed by atoms with Crippen LogP contribution in [0.3, 0.4) is 0 Å². The van der Waals surface area contributed by atoms with Crippen molar-refractivity contribution in [3.05, 3.63) is 17.5 Å². The second kappa shape index (κ2) is 40.8. The third-order valence-corrected chi connectivity index (χ3v) is 13.0. The quantitative estimate of drug-likeness (QED) is 0.0654. The van der Waals surface area contributed by atoms with Crippen LogP contribution in [-0.4, -0.2) is 180 Å². The lowest BCUT2D eigenvalue weighted by Gasteiger charge is -2.28. The van der Waals surface area contributed by atoms with Gasteiger partial charge in [-0.2, -0.15) is 0 Å². The lowest BCUT2D eigenvalue weighted by molar-refractivity contribution is -0.145. The fraction of sp³-hybridized carbons (Fsp3) is 0.790. The van der Waals surface area contributed by atoms with Crippen molar-refractivity contribution < 1.29 is 91.7 Å². The van der Waals surface area contributed by atoms with E-state index in [1.165, 1.54) is 21.8 Å². The number of amides is 4. The minimum atomic E-state index is -0.582. The molecule has 25 nitrogen and oxygen atoms in total. The Bertz CT molecular complexity index is 2250. The molecule has 26 heteroatoms. The molecule has 0 radical (unpaired) electrons. The predicted molar refractivity (Wildman–Crippen MR) is 332 cm³/mol. The summed E-state index contributed by atoms with van der Waals surface area (Å²) in [6.07, 6.45) is 4.25. The van der Waals surface area contributed by atoms with Gasteiger partial charge >= 0.3 is 30.3 Å². The highest BCUT2D eigenvalue weighted by Crippen LogP contribution is 2.34. The lowest BCUT2D eigenvalue weighted by atomic mass is 9.99. The van der Waals surface area contributed by atoms with Crippen molar-refractivity contribution in [3.63, 3.8) is 0 Å². The summed E-state index contributed by atoms with van der Waals surface area (Å²) in [5.74, 6) is 0.439. The van der Waals surface area contributed by atoms with Crippen LogP contribution in [0.4, 0.5) is 19.2 Å². The number of nitrogens with one attached hydrogen (secondary N) is 1. The van der Waals surface area contributed by atoms with Gasteiger partial charge in [0.05, 0.1) is 38.1 Å².